The maximum atomic E-state index is 11.7. The summed E-state index contributed by atoms with van der Waals surface area (Å²) in [7, 11) is 1.25. The number of rotatable bonds is 5. The SMILES string of the molecule is COC(=O)c1ccccc1NC(=O)CC(=O)C(Br)Br. The summed E-state index contributed by atoms with van der Waals surface area (Å²) in [5, 5.41) is 2.51. The zero-order chi connectivity index (χ0) is 14.4. The van der Waals surface area contributed by atoms with Gasteiger partial charge in [0, 0.05) is 0 Å². The summed E-state index contributed by atoms with van der Waals surface area (Å²) in [5.74, 6) is -1.36. The Morgan fingerprint density at radius 1 is 1.26 bits per heavy atom. The molecule has 0 aliphatic rings. The lowest BCUT2D eigenvalue weighted by Crippen LogP contribution is -2.20. The zero-order valence-corrected chi connectivity index (χ0v) is 13.2. The monoisotopic (exact) mass is 391 g/mol. The van der Waals surface area contributed by atoms with Gasteiger partial charge in [0.25, 0.3) is 0 Å². The van der Waals surface area contributed by atoms with Gasteiger partial charge in [0.1, 0.15) is 3.74 Å². The summed E-state index contributed by atoms with van der Waals surface area (Å²) in [5.41, 5.74) is 0.549. The number of anilines is 1. The highest BCUT2D eigenvalue weighted by Gasteiger charge is 2.18. The Morgan fingerprint density at radius 2 is 1.89 bits per heavy atom. The number of carbonyl (C=O) groups is 3. The lowest BCUT2D eigenvalue weighted by Gasteiger charge is -2.09. The summed E-state index contributed by atoms with van der Waals surface area (Å²) < 4.78 is 4.04. The van der Waals surface area contributed by atoms with E-state index in [2.05, 4.69) is 41.9 Å². The van der Waals surface area contributed by atoms with Crippen molar-refractivity contribution in [2.75, 3.05) is 12.4 Å². The van der Waals surface area contributed by atoms with Crippen LogP contribution in [0.2, 0.25) is 0 Å². The second-order valence-electron chi connectivity index (χ2n) is 3.53. The first-order valence-corrected chi connectivity index (χ1v) is 7.07. The number of methoxy groups -OCH3 is 1. The molecule has 1 amide bonds. The Kier molecular flexibility index (Phi) is 6.17. The number of benzene rings is 1. The summed E-state index contributed by atoms with van der Waals surface area (Å²) in [4.78, 5) is 34.5. The molecule has 0 bridgehead atoms. The first-order chi connectivity index (χ1) is 8.95. The predicted octanol–water partition coefficient (Wildman–Crippen LogP) is 2.49. The predicted molar refractivity (Wildman–Crippen MR) is 77.7 cm³/mol. The number of ketones is 1. The summed E-state index contributed by atoms with van der Waals surface area (Å²) in [6.07, 6.45) is -0.295. The number of alkyl halides is 2. The van der Waals surface area contributed by atoms with Crippen molar-refractivity contribution in [1.29, 1.82) is 0 Å². The van der Waals surface area contributed by atoms with Crippen LogP contribution < -0.4 is 5.32 Å². The van der Waals surface area contributed by atoms with Crippen LogP contribution in [0, 0.1) is 0 Å². The van der Waals surface area contributed by atoms with Crippen LogP contribution in [0.5, 0.6) is 0 Å². The van der Waals surface area contributed by atoms with Gasteiger partial charge in [0.15, 0.2) is 5.78 Å². The standard InChI is InChI=1S/C12H11Br2NO4/c1-19-12(18)7-4-2-3-5-8(7)15-10(17)6-9(16)11(13)14/h2-5,11H,6H2,1H3,(H,15,17). The molecule has 0 aromatic heterocycles. The van der Waals surface area contributed by atoms with E-state index < -0.39 is 15.6 Å². The highest BCUT2D eigenvalue weighted by Crippen LogP contribution is 2.17. The van der Waals surface area contributed by atoms with Crippen LogP contribution in [0.1, 0.15) is 16.8 Å². The Hall–Kier alpha value is -1.21. The molecule has 0 atom stereocenters. The molecule has 0 heterocycles. The molecule has 1 aromatic carbocycles. The third-order valence-electron chi connectivity index (χ3n) is 2.18. The van der Waals surface area contributed by atoms with Crippen molar-refractivity contribution in [2.24, 2.45) is 0 Å². The lowest BCUT2D eigenvalue weighted by atomic mass is 10.1. The van der Waals surface area contributed by atoms with Gasteiger partial charge in [0.05, 0.1) is 24.8 Å². The maximum Gasteiger partial charge on any atom is 0.339 e. The fourth-order valence-corrected chi connectivity index (χ4v) is 1.63. The highest BCUT2D eigenvalue weighted by atomic mass is 79.9. The van der Waals surface area contributed by atoms with Gasteiger partial charge in [0.2, 0.25) is 5.91 Å². The molecule has 19 heavy (non-hydrogen) atoms. The third kappa shape index (κ3) is 4.76. The zero-order valence-electron chi connectivity index (χ0n) is 9.98. The van der Waals surface area contributed by atoms with Gasteiger partial charge in [-0.2, -0.15) is 0 Å². The van der Waals surface area contributed by atoms with Gasteiger partial charge in [-0.25, -0.2) is 4.79 Å². The average Bonchev–Trinajstić information content (AvgIpc) is 2.38. The van der Waals surface area contributed by atoms with E-state index in [4.69, 9.17) is 0 Å². The fourth-order valence-electron chi connectivity index (χ4n) is 1.31. The molecule has 0 saturated heterocycles. The van der Waals surface area contributed by atoms with Crippen molar-refractivity contribution < 1.29 is 19.1 Å². The molecule has 0 aliphatic heterocycles. The van der Waals surface area contributed by atoms with Crippen molar-refractivity contribution in [1.82, 2.24) is 0 Å². The number of halogens is 2. The van der Waals surface area contributed by atoms with Crippen molar-refractivity contribution in [3.05, 3.63) is 29.8 Å². The van der Waals surface area contributed by atoms with Gasteiger partial charge in [-0.1, -0.05) is 44.0 Å². The number of hydrogen-bond acceptors (Lipinski definition) is 4. The number of esters is 1. The second kappa shape index (κ2) is 7.40. The van der Waals surface area contributed by atoms with Crippen molar-refractivity contribution >= 4 is 55.2 Å². The second-order valence-corrected chi connectivity index (χ2v) is 6.59. The van der Waals surface area contributed by atoms with E-state index in [0.717, 1.165) is 0 Å². The molecule has 0 spiro atoms. The largest absolute Gasteiger partial charge is 0.465 e. The minimum absolute atomic E-state index is 0.236. The number of amides is 1. The fraction of sp³-hybridized carbons (Fsp3) is 0.250. The number of carbonyl (C=O) groups excluding carboxylic acids is 3. The quantitative estimate of drug-likeness (QED) is 0.474. The molecular formula is C12H11Br2NO4. The van der Waals surface area contributed by atoms with Gasteiger partial charge in [-0.05, 0) is 12.1 Å². The molecule has 0 unspecified atom stereocenters. The summed E-state index contributed by atoms with van der Waals surface area (Å²) in [6, 6.07) is 6.41. The Balaban J connectivity index is 2.80. The normalized spacial score (nSPS) is 10.1. The van der Waals surface area contributed by atoms with Crippen molar-refractivity contribution in [3.8, 4) is 0 Å². The molecular weight excluding hydrogens is 382 g/mol. The minimum Gasteiger partial charge on any atom is -0.465 e. The Morgan fingerprint density at radius 3 is 2.47 bits per heavy atom. The van der Waals surface area contributed by atoms with Crippen LogP contribution >= 0.6 is 31.9 Å². The molecule has 0 saturated carbocycles. The number of hydrogen-bond donors (Lipinski definition) is 1. The molecule has 0 fully saturated rings. The van der Waals surface area contributed by atoms with E-state index in [1.54, 1.807) is 18.2 Å². The summed E-state index contributed by atoms with van der Waals surface area (Å²) >= 11 is 6.03. The molecule has 5 nitrogen and oxygen atoms in total. The van der Waals surface area contributed by atoms with Crippen LogP contribution in [0.4, 0.5) is 5.69 Å². The van der Waals surface area contributed by atoms with E-state index in [0.29, 0.717) is 5.69 Å². The minimum atomic E-state index is -0.568. The maximum absolute atomic E-state index is 11.7. The van der Waals surface area contributed by atoms with Crippen LogP contribution in [0.25, 0.3) is 0 Å². The molecule has 0 aliphatic carbocycles. The Bertz CT molecular complexity index is 502. The first-order valence-electron chi connectivity index (χ1n) is 5.23. The van der Waals surface area contributed by atoms with Gasteiger partial charge in [-0.15, -0.1) is 0 Å². The molecule has 1 rings (SSSR count). The number of Topliss-reactive ketones (excluding diaryl/α,β-unsaturated/α-hetero) is 1. The van der Waals surface area contributed by atoms with Crippen LogP contribution in [0.3, 0.4) is 0 Å². The average molecular weight is 393 g/mol. The van der Waals surface area contributed by atoms with Crippen molar-refractivity contribution in [2.45, 2.75) is 10.2 Å². The van der Waals surface area contributed by atoms with Gasteiger partial charge >= 0.3 is 5.97 Å². The van der Waals surface area contributed by atoms with E-state index in [-0.39, 0.29) is 17.8 Å². The topological polar surface area (TPSA) is 72.5 Å². The number of nitrogens with one attached hydrogen (secondary N) is 1. The van der Waals surface area contributed by atoms with E-state index in [1.807, 2.05) is 0 Å². The van der Waals surface area contributed by atoms with Gasteiger partial charge in [-0.3, -0.25) is 9.59 Å². The summed E-state index contributed by atoms with van der Waals surface area (Å²) in [6.45, 7) is 0. The molecule has 0 radical (unpaired) electrons. The highest BCUT2D eigenvalue weighted by molar-refractivity contribution is 9.25. The number of ether oxygens (including phenoxy) is 1. The van der Waals surface area contributed by atoms with Crippen LogP contribution in [-0.2, 0) is 14.3 Å². The molecule has 7 heteroatoms. The smallest absolute Gasteiger partial charge is 0.339 e. The lowest BCUT2D eigenvalue weighted by molar-refractivity contribution is -0.124. The van der Waals surface area contributed by atoms with Crippen LogP contribution in [0.15, 0.2) is 24.3 Å². The van der Waals surface area contributed by atoms with Gasteiger partial charge < -0.3 is 10.1 Å². The van der Waals surface area contributed by atoms with E-state index >= 15 is 0 Å². The molecule has 102 valence electrons. The number of para-hydroxylation sites is 1. The molecule has 1 N–H and O–H groups in total. The first kappa shape index (κ1) is 15.8. The van der Waals surface area contributed by atoms with Crippen molar-refractivity contribution in [3.63, 3.8) is 0 Å². The van der Waals surface area contributed by atoms with E-state index in [1.165, 1.54) is 13.2 Å². The Labute approximate surface area is 127 Å². The van der Waals surface area contributed by atoms with E-state index in [9.17, 15) is 14.4 Å². The third-order valence-corrected chi connectivity index (χ3v) is 3.21. The van der Waals surface area contributed by atoms with Crippen LogP contribution in [-0.4, -0.2) is 28.5 Å². The molecule has 1 aromatic rings.